The highest BCUT2D eigenvalue weighted by atomic mass is 16.4. The minimum atomic E-state index is -1.09. The van der Waals surface area contributed by atoms with Gasteiger partial charge in [0.05, 0.1) is 5.69 Å². The molecule has 1 amide bonds. The highest BCUT2D eigenvalue weighted by Gasteiger charge is 2.18. The topological polar surface area (TPSA) is 70.4 Å². The van der Waals surface area contributed by atoms with Crippen molar-refractivity contribution in [2.75, 3.05) is 19.4 Å². The Labute approximate surface area is 101 Å². The quantitative estimate of drug-likeness (QED) is 0.846. The lowest BCUT2D eigenvalue weighted by Crippen LogP contribution is -2.21. The highest BCUT2D eigenvalue weighted by molar-refractivity contribution is 5.81. The molecular weight excluding hydrogens is 220 g/mol. The first-order valence-electron chi connectivity index (χ1n) is 5.58. The van der Waals surface area contributed by atoms with Crippen LogP contribution in [0, 0.1) is 0 Å². The Hall–Kier alpha value is -1.56. The van der Waals surface area contributed by atoms with Gasteiger partial charge in [0.15, 0.2) is 5.82 Å². The summed E-state index contributed by atoms with van der Waals surface area (Å²) in [6, 6.07) is 2.14. The van der Waals surface area contributed by atoms with Gasteiger partial charge in [-0.1, -0.05) is 0 Å². The molecule has 1 aromatic rings. The zero-order valence-corrected chi connectivity index (χ0v) is 10.9. The minimum Gasteiger partial charge on any atom is -0.465 e. The standard InChI is InChI=1S/C11H20N4O2/c1-7(2)15-9(8(3)14(4)5)6-10(13-15)12-11(16)17/h6-8H,1-5H3,(H,12,13)(H,16,17). The second kappa shape index (κ2) is 5.18. The molecule has 0 aliphatic carbocycles. The molecule has 1 unspecified atom stereocenters. The van der Waals surface area contributed by atoms with Crippen molar-refractivity contribution < 1.29 is 9.90 Å². The Balaban J connectivity index is 3.09. The summed E-state index contributed by atoms with van der Waals surface area (Å²) in [6.07, 6.45) is -1.09. The number of hydrogen-bond donors (Lipinski definition) is 2. The third-order valence-electron chi connectivity index (χ3n) is 2.69. The number of nitrogens with one attached hydrogen (secondary N) is 1. The Bertz CT molecular complexity index is 398. The molecule has 6 heteroatoms. The summed E-state index contributed by atoms with van der Waals surface area (Å²) in [5.41, 5.74) is 0.994. The van der Waals surface area contributed by atoms with Crippen molar-refractivity contribution in [1.82, 2.24) is 14.7 Å². The summed E-state index contributed by atoms with van der Waals surface area (Å²) in [4.78, 5) is 12.6. The molecule has 2 N–H and O–H groups in total. The van der Waals surface area contributed by atoms with Crippen LogP contribution in [0.4, 0.5) is 10.6 Å². The van der Waals surface area contributed by atoms with Crippen molar-refractivity contribution in [2.24, 2.45) is 0 Å². The van der Waals surface area contributed by atoms with Crippen molar-refractivity contribution in [2.45, 2.75) is 32.9 Å². The van der Waals surface area contributed by atoms with E-state index in [-0.39, 0.29) is 12.1 Å². The van der Waals surface area contributed by atoms with Gasteiger partial charge in [0.2, 0.25) is 0 Å². The van der Waals surface area contributed by atoms with E-state index in [1.807, 2.05) is 32.6 Å². The summed E-state index contributed by atoms with van der Waals surface area (Å²) < 4.78 is 1.84. The number of carboxylic acid groups (broad SMARTS) is 1. The lowest BCUT2D eigenvalue weighted by molar-refractivity contribution is 0.209. The fraction of sp³-hybridized carbons (Fsp3) is 0.636. The van der Waals surface area contributed by atoms with Gasteiger partial charge in [-0.3, -0.25) is 10.00 Å². The van der Waals surface area contributed by atoms with E-state index < -0.39 is 6.09 Å². The molecule has 0 saturated heterocycles. The molecule has 0 aliphatic heterocycles. The van der Waals surface area contributed by atoms with E-state index >= 15 is 0 Å². The Morgan fingerprint density at radius 1 is 1.47 bits per heavy atom. The number of hydrogen-bond acceptors (Lipinski definition) is 3. The average Bonchev–Trinajstić information content (AvgIpc) is 2.59. The van der Waals surface area contributed by atoms with E-state index in [1.54, 1.807) is 6.07 Å². The van der Waals surface area contributed by atoms with Crippen molar-refractivity contribution in [3.8, 4) is 0 Å². The molecule has 6 nitrogen and oxygen atoms in total. The SMILES string of the molecule is CC(c1cc(NC(=O)O)nn1C(C)C)N(C)C. The van der Waals surface area contributed by atoms with Crippen LogP contribution >= 0.6 is 0 Å². The molecule has 17 heavy (non-hydrogen) atoms. The van der Waals surface area contributed by atoms with Gasteiger partial charge in [0.1, 0.15) is 0 Å². The van der Waals surface area contributed by atoms with Crippen LogP contribution in [0.1, 0.15) is 38.5 Å². The number of amides is 1. The van der Waals surface area contributed by atoms with Gasteiger partial charge in [-0.15, -0.1) is 0 Å². The van der Waals surface area contributed by atoms with Gasteiger partial charge in [-0.05, 0) is 34.9 Å². The largest absolute Gasteiger partial charge is 0.465 e. The molecule has 0 fully saturated rings. The summed E-state index contributed by atoms with van der Waals surface area (Å²) in [7, 11) is 3.96. The van der Waals surface area contributed by atoms with E-state index in [0.717, 1.165) is 5.69 Å². The first-order valence-corrected chi connectivity index (χ1v) is 5.58. The first-order chi connectivity index (χ1) is 7.82. The zero-order valence-electron chi connectivity index (χ0n) is 10.9. The van der Waals surface area contributed by atoms with E-state index in [0.29, 0.717) is 5.82 Å². The monoisotopic (exact) mass is 240 g/mol. The molecule has 1 heterocycles. The van der Waals surface area contributed by atoms with E-state index in [2.05, 4.69) is 22.2 Å². The van der Waals surface area contributed by atoms with Gasteiger partial charge >= 0.3 is 6.09 Å². The summed E-state index contributed by atoms with van der Waals surface area (Å²) in [6.45, 7) is 6.09. The van der Waals surface area contributed by atoms with Gasteiger partial charge in [0.25, 0.3) is 0 Å². The normalized spacial score (nSPS) is 13.1. The summed E-state index contributed by atoms with van der Waals surface area (Å²) in [5.74, 6) is 0.370. The van der Waals surface area contributed by atoms with Gasteiger partial charge < -0.3 is 10.0 Å². The molecule has 96 valence electrons. The number of carbonyl (C=O) groups is 1. The number of rotatable bonds is 4. The fourth-order valence-electron chi connectivity index (χ4n) is 1.57. The zero-order chi connectivity index (χ0) is 13.2. The van der Waals surface area contributed by atoms with Crippen molar-refractivity contribution >= 4 is 11.9 Å². The van der Waals surface area contributed by atoms with E-state index in [1.165, 1.54) is 0 Å². The van der Waals surface area contributed by atoms with Crippen LogP contribution in [-0.4, -0.2) is 40.0 Å². The highest BCUT2D eigenvalue weighted by Crippen LogP contribution is 2.23. The molecule has 0 aliphatic rings. The van der Waals surface area contributed by atoms with Crippen molar-refractivity contribution in [3.63, 3.8) is 0 Å². The number of aromatic nitrogens is 2. The second-order valence-electron chi connectivity index (χ2n) is 4.56. The minimum absolute atomic E-state index is 0.175. The fourth-order valence-corrected chi connectivity index (χ4v) is 1.57. The Morgan fingerprint density at radius 2 is 2.06 bits per heavy atom. The maximum absolute atomic E-state index is 10.6. The van der Waals surface area contributed by atoms with E-state index in [9.17, 15) is 4.79 Å². The number of nitrogens with zero attached hydrogens (tertiary/aromatic N) is 3. The maximum atomic E-state index is 10.6. The smallest absolute Gasteiger partial charge is 0.410 e. The Morgan fingerprint density at radius 3 is 2.47 bits per heavy atom. The Kier molecular flexibility index (Phi) is 4.11. The molecule has 1 rings (SSSR count). The van der Waals surface area contributed by atoms with Crippen LogP contribution < -0.4 is 5.32 Å². The molecule has 1 atom stereocenters. The lowest BCUT2D eigenvalue weighted by atomic mass is 10.2. The van der Waals surface area contributed by atoms with Gasteiger partial charge in [0, 0.05) is 18.2 Å². The van der Waals surface area contributed by atoms with E-state index in [4.69, 9.17) is 5.11 Å². The van der Waals surface area contributed by atoms with Crippen LogP contribution in [0.15, 0.2) is 6.07 Å². The predicted octanol–water partition coefficient (Wildman–Crippen LogP) is 2.18. The third-order valence-corrected chi connectivity index (χ3v) is 2.69. The van der Waals surface area contributed by atoms with Gasteiger partial charge in [-0.2, -0.15) is 5.10 Å². The molecule has 0 aromatic carbocycles. The van der Waals surface area contributed by atoms with Crippen LogP contribution in [-0.2, 0) is 0 Å². The first kappa shape index (κ1) is 13.5. The lowest BCUT2D eigenvalue weighted by Gasteiger charge is -2.22. The molecule has 0 bridgehead atoms. The molecule has 1 aromatic heterocycles. The van der Waals surface area contributed by atoms with Crippen LogP contribution in [0.25, 0.3) is 0 Å². The van der Waals surface area contributed by atoms with Crippen molar-refractivity contribution in [1.29, 1.82) is 0 Å². The molecule has 0 spiro atoms. The van der Waals surface area contributed by atoms with Gasteiger partial charge in [-0.25, -0.2) is 4.79 Å². The van der Waals surface area contributed by atoms with Crippen LogP contribution in [0.3, 0.4) is 0 Å². The average molecular weight is 240 g/mol. The molecule has 0 saturated carbocycles. The summed E-state index contributed by atoms with van der Waals surface area (Å²) >= 11 is 0. The number of anilines is 1. The third kappa shape index (κ3) is 3.20. The summed E-state index contributed by atoms with van der Waals surface area (Å²) in [5, 5.41) is 15.2. The van der Waals surface area contributed by atoms with Crippen LogP contribution in [0.2, 0.25) is 0 Å². The van der Waals surface area contributed by atoms with Crippen LogP contribution in [0.5, 0.6) is 0 Å². The maximum Gasteiger partial charge on any atom is 0.410 e. The second-order valence-corrected chi connectivity index (χ2v) is 4.56. The predicted molar refractivity (Wildman–Crippen MR) is 66.4 cm³/mol. The molecular formula is C11H20N4O2. The molecule has 0 radical (unpaired) electrons. The van der Waals surface area contributed by atoms with Crippen molar-refractivity contribution in [3.05, 3.63) is 11.8 Å².